The molecule has 2 aliphatic heterocycles. The molecular weight excluding hydrogens is 521 g/mol. The van der Waals surface area contributed by atoms with E-state index in [0.29, 0.717) is 11.8 Å². The van der Waals surface area contributed by atoms with Gasteiger partial charge in [0, 0.05) is 50.6 Å². The van der Waals surface area contributed by atoms with Crippen LogP contribution in [0, 0.1) is 5.92 Å². The Labute approximate surface area is 209 Å². The molecule has 1 amide bonds. The summed E-state index contributed by atoms with van der Waals surface area (Å²) in [7, 11) is 0. The van der Waals surface area contributed by atoms with Gasteiger partial charge in [-0.15, -0.1) is 35.3 Å². The molecule has 0 bridgehead atoms. The predicted molar refractivity (Wildman–Crippen MR) is 141 cm³/mol. The molecule has 8 heteroatoms. The summed E-state index contributed by atoms with van der Waals surface area (Å²) in [6.07, 6.45) is 7.54. The smallest absolute Gasteiger partial charge is 0.222 e. The number of likely N-dealkylation sites (tertiary alicyclic amines) is 2. The van der Waals surface area contributed by atoms with Gasteiger partial charge in [0.05, 0.1) is 0 Å². The number of thiophene rings is 1. The highest BCUT2D eigenvalue weighted by atomic mass is 127. The summed E-state index contributed by atoms with van der Waals surface area (Å²) in [6, 6.07) is 4.38. The summed E-state index contributed by atoms with van der Waals surface area (Å²) in [5, 5.41) is 8.99. The Bertz CT molecular complexity index is 646. The maximum Gasteiger partial charge on any atom is 0.222 e. The van der Waals surface area contributed by atoms with Crippen LogP contribution < -0.4 is 10.6 Å². The van der Waals surface area contributed by atoms with E-state index in [1.54, 1.807) is 0 Å². The fraction of sp³-hybridized carbons (Fsp3) is 0.739. The molecule has 0 radical (unpaired) electrons. The highest BCUT2D eigenvalue weighted by molar-refractivity contribution is 14.0. The second kappa shape index (κ2) is 15.1. The zero-order chi connectivity index (χ0) is 21.0. The molecule has 0 unspecified atom stereocenters. The van der Waals surface area contributed by atoms with Crippen LogP contribution in [0.2, 0.25) is 0 Å². The molecule has 3 rings (SSSR count). The van der Waals surface area contributed by atoms with Crippen molar-refractivity contribution in [2.45, 2.75) is 58.4 Å². The first kappa shape index (κ1) is 26.4. The summed E-state index contributed by atoms with van der Waals surface area (Å²) in [5.74, 6) is 1.92. The number of carbonyl (C=O) groups is 1. The molecule has 2 fully saturated rings. The molecule has 6 nitrogen and oxygen atoms in total. The van der Waals surface area contributed by atoms with Gasteiger partial charge in [0.1, 0.15) is 0 Å². The molecule has 1 aromatic heterocycles. The number of guanidine groups is 1. The van der Waals surface area contributed by atoms with E-state index in [2.05, 4.69) is 40.0 Å². The van der Waals surface area contributed by atoms with E-state index in [1.165, 1.54) is 37.2 Å². The van der Waals surface area contributed by atoms with Crippen LogP contribution in [-0.2, 0) is 11.3 Å². The fourth-order valence-electron chi connectivity index (χ4n) is 4.26. The van der Waals surface area contributed by atoms with Crippen LogP contribution in [0.5, 0.6) is 0 Å². The van der Waals surface area contributed by atoms with Crippen LogP contribution in [0.15, 0.2) is 22.5 Å². The van der Waals surface area contributed by atoms with Gasteiger partial charge in [-0.3, -0.25) is 14.7 Å². The number of hydrogen-bond acceptors (Lipinski definition) is 4. The minimum absolute atomic E-state index is 0. The van der Waals surface area contributed by atoms with Crippen molar-refractivity contribution >= 4 is 47.2 Å². The average molecular weight is 562 g/mol. The first-order chi connectivity index (χ1) is 14.7. The molecule has 0 spiro atoms. The molecule has 2 N–H and O–H groups in total. The van der Waals surface area contributed by atoms with Crippen molar-refractivity contribution in [1.29, 1.82) is 0 Å². The predicted octanol–water partition coefficient (Wildman–Crippen LogP) is 3.93. The van der Waals surface area contributed by atoms with Gasteiger partial charge >= 0.3 is 0 Å². The lowest BCUT2D eigenvalue weighted by atomic mass is 9.97. The normalized spacial score (nSPS) is 19.1. The third-order valence-corrected chi connectivity index (χ3v) is 6.95. The van der Waals surface area contributed by atoms with Crippen LogP contribution in [0.25, 0.3) is 0 Å². The molecule has 0 saturated carbocycles. The monoisotopic (exact) mass is 561 g/mol. The molecular formula is C23H40IN5OS. The van der Waals surface area contributed by atoms with Crippen LogP contribution >= 0.6 is 35.3 Å². The topological polar surface area (TPSA) is 60.0 Å². The lowest BCUT2D eigenvalue weighted by molar-refractivity contribution is -0.130. The molecule has 0 aliphatic carbocycles. The standard InChI is InChI=1S/C23H39N5OS.HI/c1-2-24-23(25-12-7-14-28-13-5-3-4-9-22(28)29)26-18-20-10-15-27(16-11-20)19-21-8-6-17-30-21;/h6,8,17,20H,2-5,7,9-16,18-19H2,1H3,(H2,24,25,26);1H. The number of nitrogens with one attached hydrogen (secondary N) is 2. The van der Waals surface area contributed by atoms with Gasteiger partial charge in [-0.25, -0.2) is 0 Å². The van der Waals surface area contributed by atoms with Crippen molar-refractivity contribution in [1.82, 2.24) is 20.4 Å². The molecule has 1 aromatic rings. The molecule has 0 aromatic carbocycles. The van der Waals surface area contributed by atoms with Gasteiger partial charge in [-0.2, -0.15) is 0 Å². The van der Waals surface area contributed by atoms with E-state index in [0.717, 1.165) is 70.9 Å². The molecule has 176 valence electrons. The Hall–Kier alpha value is -0.870. The number of amides is 1. The summed E-state index contributed by atoms with van der Waals surface area (Å²) in [5.41, 5.74) is 0. The third kappa shape index (κ3) is 9.65. The van der Waals surface area contributed by atoms with E-state index in [4.69, 9.17) is 4.99 Å². The number of nitrogens with zero attached hydrogens (tertiary/aromatic N) is 3. The Morgan fingerprint density at radius 2 is 2.03 bits per heavy atom. The van der Waals surface area contributed by atoms with Crippen LogP contribution in [0.3, 0.4) is 0 Å². The zero-order valence-corrected chi connectivity index (χ0v) is 22.1. The Morgan fingerprint density at radius 1 is 1.19 bits per heavy atom. The lowest BCUT2D eigenvalue weighted by Gasteiger charge is -2.31. The van der Waals surface area contributed by atoms with E-state index >= 15 is 0 Å². The van der Waals surface area contributed by atoms with E-state index < -0.39 is 0 Å². The van der Waals surface area contributed by atoms with Gasteiger partial charge in [0.2, 0.25) is 5.91 Å². The van der Waals surface area contributed by atoms with Gasteiger partial charge in [0.15, 0.2) is 5.96 Å². The van der Waals surface area contributed by atoms with Crippen molar-refractivity contribution in [3.05, 3.63) is 22.4 Å². The lowest BCUT2D eigenvalue weighted by Crippen LogP contribution is -2.40. The molecule has 2 aliphatic rings. The minimum Gasteiger partial charge on any atom is -0.357 e. The molecule has 2 saturated heterocycles. The Morgan fingerprint density at radius 3 is 2.77 bits per heavy atom. The van der Waals surface area contributed by atoms with Gasteiger partial charge < -0.3 is 15.5 Å². The SMILES string of the molecule is CCNC(=NCC1CCN(Cc2cccs2)CC1)NCCCN1CCCCCC1=O.I. The van der Waals surface area contributed by atoms with Crippen molar-refractivity contribution < 1.29 is 4.79 Å². The average Bonchev–Trinajstić information content (AvgIpc) is 3.18. The van der Waals surface area contributed by atoms with Gasteiger partial charge in [0.25, 0.3) is 0 Å². The summed E-state index contributed by atoms with van der Waals surface area (Å²) in [6.45, 7) is 9.95. The van der Waals surface area contributed by atoms with E-state index in [-0.39, 0.29) is 24.0 Å². The highest BCUT2D eigenvalue weighted by Gasteiger charge is 2.19. The Balaban J connectivity index is 0.00000341. The summed E-state index contributed by atoms with van der Waals surface area (Å²) in [4.78, 5) is 23.0. The minimum atomic E-state index is 0. The van der Waals surface area contributed by atoms with Crippen molar-refractivity contribution in [3.8, 4) is 0 Å². The molecule has 3 heterocycles. The van der Waals surface area contributed by atoms with Crippen molar-refractivity contribution in [2.75, 3.05) is 45.8 Å². The number of rotatable bonds is 9. The second-order valence-corrected chi connectivity index (χ2v) is 9.52. The quantitative estimate of drug-likeness (QED) is 0.208. The second-order valence-electron chi connectivity index (χ2n) is 8.49. The van der Waals surface area contributed by atoms with Gasteiger partial charge in [-0.05, 0) is 69.5 Å². The number of carbonyl (C=O) groups excluding carboxylic acids is 1. The number of halogens is 1. The molecule has 31 heavy (non-hydrogen) atoms. The summed E-state index contributed by atoms with van der Waals surface area (Å²) >= 11 is 1.85. The first-order valence-electron chi connectivity index (χ1n) is 11.8. The maximum atomic E-state index is 12.1. The Kier molecular flexibility index (Phi) is 12.8. The highest BCUT2D eigenvalue weighted by Crippen LogP contribution is 2.20. The van der Waals surface area contributed by atoms with Crippen molar-refractivity contribution in [3.63, 3.8) is 0 Å². The molecule has 0 atom stereocenters. The largest absolute Gasteiger partial charge is 0.357 e. The number of hydrogen-bond donors (Lipinski definition) is 2. The van der Waals surface area contributed by atoms with Crippen LogP contribution in [0.1, 0.15) is 56.7 Å². The number of piperidine rings is 1. The van der Waals surface area contributed by atoms with Crippen molar-refractivity contribution in [2.24, 2.45) is 10.9 Å². The van der Waals surface area contributed by atoms with E-state index in [1.807, 2.05) is 16.2 Å². The van der Waals surface area contributed by atoms with Crippen LogP contribution in [0.4, 0.5) is 0 Å². The number of aliphatic imine (C=N–C) groups is 1. The fourth-order valence-corrected chi connectivity index (χ4v) is 5.01. The summed E-state index contributed by atoms with van der Waals surface area (Å²) < 4.78 is 0. The maximum absolute atomic E-state index is 12.1. The third-order valence-electron chi connectivity index (χ3n) is 6.09. The zero-order valence-electron chi connectivity index (χ0n) is 19.0. The van der Waals surface area contributed by atoms with Crippen LogP contribution in [-0.4, -0.2) is 67.5 Å². The van der Waals surface area contributed by atoms with E-state index in [9.17, 15) is 4.79 Å². The van der Waals surface area contributed by atoms with Gasteiger partial charge in [-0.1, -0.05) is 12.5 Å². The first-order valence-corrected chi connectivity index (χ1v) is 12.7.